The molecule has 0 radical (unpaired) electrons. The molecule has 0 fully saturated rings. The maximum atomic E-state index is 10.8. The Hall–Kier alpha value is -2.34. The predicted octanol–water partition coefficient (Wildman–Crippen LogP) is 2.55. The van der Waals surface area contributed by atoms with E-state index in [0.717, 1.165) is 5.69 Å². The summed E-state index contributed by atoms with van der Waals surface area (Å²) in [5, 5.41) is 14.1. The van der Waals surface area contributed by atoms with Crippen molar-refractivity contribution in [3.05, 3.63) is 52.3 Å². The lowest BCUT2D eigenvalue weighted by Crippen LogP contribution is -2.22. The largest absolute Gasteiger partial charge is 0.309 e. The Morgan fingerprint density at radius 3 is 2.85 bits per heavy atom. The number of nitrogens with one attached hydrogen (secondary N) is 1. The molecule has 0 unspecified atom stereocenters. The first kappa shape index (κ1) is 14.1. The van der Waals surface area contributed by atoms with E-state index < -0.39 is 4.92 Å². The van der Waals surface area contributed by atoms with E-state index in [1.807, 2.05) is 6.07 Å². The summed E-state index contributed by atoms with van der Waals surface area (Å²) in [5.74, 6) is 0.497. The Balaban J connectivity index is 2.26. The molecular formula is C14H16N4O2. The molecule has 2 rings (SSSR count). The second-order valence-corrected chi connectivity index (χ2v) is 4.71. The number of aromatic nitrogens is 2. The van der Waals surface area contributed by atoms with Crippen LogP contribution in [-0.4, -0.2) is 20.9 Å². The average Bonchev–Trinajstić information content (AvgIpc) is 2.45. The summed E-state index contributed by atoms with van der Waals surface area (Å²) < 4.78 is 0. The molecule has 2 aromatic rings. The van der Waals surface area contributed by atoms with Crippen LogP contribution in [0.3, 0.4) is 0 Å². The highest BCUT2D eigenvalue weighted by molar-refractivity contribution is 5.58. The van der Waals surface area contributed by atoms with Crippen molar-refractivity contribution in [1.29, 1.82) is 0 Å². The zero-order chi connectivity index (χ0) is 14.5. The van der Waals surface area contributed by atoms with Gasteiger partial charge in [0.2, 0.25) is 0 Å². The monoisotopic (exact) mass is 272 g/mol. The Morgan fingerprint density at radius 2 is 2.15 bits per heavy atom. The number of nitro groups is 1. The van der Waals surface area contributed by atoms with E-state index in [4.69, 9.17) is 0 Å². The van der Waals surface area contributed by atoms with Gasteiger partial charge in [-0.25, -0.2) is 9.97 Å². The number of hydrogen-bond acceptors (Lipinski definition) is 5. The highest BCUT2D eigenvalue weighted by Gasteiger charge is 2.09. The van der Waals surface area contributed by atoms with Crippen LogP contribution in [-0.2, 0) is 6.54 Å². The van der Waals surface area contributed by atoms with Crippen LogP contribution >= 0.6 is 0 Å². The van der Waals surface area contributed by atoms with Gasteiger partial charge in [-0.1, -0.05) is 26.0 Å². The molecule has 0 saturated heterocycles. The van der Waals surface area contributed by atoms with Gasteiger partial charge >= 0.3 is 0 Å². The highest BCUT2D eigenvalue weighted by Crippen LogP contribution is 2.20. The molecule has 6 heteroatoms. The number of rotatable bonds is 5. The molecule has 0 atom stereocenters. The molecule has 0 bridgehead atoms. The van der Waals surface area contributed by atoms with E-state index >= 15 is 0 Å². The van der Waals surface area contributed by atoms with E-state index in [1.54, 1.807) is 18.3 Å². The van der Waals surface area contributed by atoms with Crippen LogP contribution < -0.4 is 5.32 Å². The molecule has 0 amide bonds. The number of hydrogen-bond donors (Lipinski definition) is 1. The molecule has 0 aliphatic carbocycles. The Labute approximate surface area is 117 Å². The quantitative estimate of drug-likeness (QED) is 0.668. The average molecular weight is 272 g/mol. The standard InChI is InChI=1S/C14H16N4O2/c1-10(2)16-9-12-6-7-15-14(17-12)11-4-3-5-13(8-11)18(19)20/h3-8,10,16H,9H2,1-2H3. The van der Waals surface area contributed by atoms with Gasteiger partial charge in [0.25, 0.3) is 5.69 Å². The Kier molecular flexibility index (Phi) is 4.37. The smallest absolute Gasteiger partial charge is 0.270 e. The van der Waals surface area contributed by atoms with Crippen molar-refractivity contribution in [2.75, 3.05) is 0 Å². The summed E-state index contributed by atoms with van der Waals surface area (Å²) >= 11 is 0. The zero-order valence-corrected chi connectivity index (χ0v) is 11.4. The van der Waals surface area contributed by atoms with Crippen molar-refractivity contribution in [2.24, 2.45) is 0 Å². The number of benzene rings is 1. The van der Waals surface area contributed by atoms with Crippen LogP contribution in [0.15, 0.2) is 36.5 Å². The minimum atomic E-state index is -0.423. The normalized spacial score (nSPS) is 10.8. The van der Waals surface area contributed by atoms with Crippen molar-refractivity contribution < 1.29 is 4.92 Å². The molecule has 1 aromatic heterocycles. The van der Waals surface area contributed by atoms with Crippen LogP contribution in [0.1, 0.15) is 19.5 Å². The Bertz CT molecular complexity index is 614. The molecule has 1 heterocycles. The molecule has 6 nitrogen and oxygen atoms in total. The van der Waals surface area contributed by atoms with E-state index in [1.165, 1.54) is 12.1 Å². The van der Waals surface area contributed by atoms with Crippen molar-refractivity contribution in [3.63, 3.8) is 0 Å². The lowest BCUT2D eigenvalue weighted by atomic mass is 10.2. The summed E-state index contributed by atoms with van der Waals surface area (Å²) in [6.07, 6.45) is 1.67. The maximum Gasteiger partial charge on any atom is 0.270 e. The van der Waals surface area contributed by atoms with Gasteiger partial charge < -0.3 is 5.32 Å². The fourth-order valence-electron chi connectivity index (χ4n) is 1.70. The van der Waals surface area contributed by atoms with E-state index in [0.29, 0.717) is 24.0 Å². The molecule has 104 valence electrons. The fraction of sp³-hybridized carbons (Fsp3) is 0.286. The van der Waals surface area contributed by atoms with Crippen molar-refractivity contribution >= 4 is 5.69 Å². The van der Waals surface area contributed by atoms with Crippen molar-refractivity contribution in [3.8, 4) is 11.4 Å². The molecule has 1 aromatic carbocycles. The third kappa shape index (κ3) is 3.58. The molecule has 0 aliphatic heterocycles. The van der Waals surface area contributed by atoms with E-state index in [-0.39, 0.29) is 5.69 Å². The summed E-state index contributed by atoms with van der Waals surface area (Å²) in [7, 11) is 0. The number of nitrogens with zero attached hydrogens (tertiary/aromatic N) is 3. The zero-order valence-electron chi connectivity index (χ0n) is 11.4. The SMILES string of the molecule is CC(C)NCc1ccnc(-c2cccc([N+](=O)[O-])c2)n1. The minimum Gasteiger partial charge on any atom is -0.309 e. The van der Waals surface area contributed by atoms with E-state index in [2.05, 4.69) is 29.1 Å². The van der Waals surface area contributed by atoms with Gasteiger partial charge in [0, 0.05) is 36.5 Å². The fourth-order valence-corrected chi connectivity index (χ4v) is 1.70. The van der Waals surface area contributed by atoms with Gasteiger partial charge in [0.1, 0.15) is 0 Å². The van der Waals surface area contributed by atoms with Gasteiger partial charge in [-0.15, -0.1) is 0 Å². The van der Waals surface area contributed by atoms with Crippen LogP contribution in [0.4, 0.5) is 5.69 Å². The summed E-state index contributed by atoms with van der Waals surface area (Å²) in [5.41, 5.74) is 1.54. The Morgan fingerprint density at radius 1 is 1.35 bits per heavy atom. The third-order valence-corrected chi connectivity index (χ3v) is 2.72. The van der Waals surface area contributed by atoms with Crippen LogP contribution in [0, 0.1) is 10.1 Å². The molecule has 0 aliphatic rings. The molecule has 0 saturated carbocycles. The first-order valence-corrected chi connectivity index (χ1v) is 6.36. The topological polar surface area (TPSA) is 81.0 Å². The van der Waals surface area contributed by atoms with Crippen molar-refractivity contribution in [2.45, 2.75) is 26.4 Å². The highest BCUT2D eigenvalue weighted by atomic mass is 16.6. The van der Waals surface area contributed by atoms with Gasteiger partial charge in [-0.3, -0.25) is 10.1 Å². The van der Waals surface area contributed by atoms with E-state index in [9.17, 15) is 10.1 Å². The molecule has 1 N–H and O–H groups in total. The summed E-state index contributed by atoms with van der Waals surface area (Å²) in [6, 6.07) is 8.53. The predicted molar refractivity (Wildman–Crippen MR) is 76.1 cm³/mol. The van der Waals surface area contributed by atoms with Gasteiger partial charge in [-0.05, 0) is 6.07 Å². The molecule has 20 heavy (non-hydrogen) atoms. The second kappa shape index (κ2) is 6.21. The van der Waals surface area contributed by atoms with Crippen LogP contribution in [0.5, 0.6) is 0 Å². The number of nitro benzene ring substituents is 1. The third-order valence-electron chi connectivity index (χ3n) is 2.72. The van der Waals surface area contributed by atoms with Crippen LogP contribution in [0.2, 0.25) is 0 Å². The lowest BCUT2D eigenvalue weighted by Gasteiger charge is -2.08. The number of non-ortho nitro benzene ring substituents is 1. The minimum absolute atomic E-state index is 0.0387. The summed E-state index contributed by atoms with van der Waals surface area (Å²) in [4.78, 5) is 19.0. The van der Waals surface area contributed by atoms with Gasteiger partial charge in [0.15, 0.2) is 5.82 Å². The second-order valence-electron chi connectivity index (χ2n) is 4.71. The van der Waals surface area contributed by atoms with Gasteiger partial charge in [0.05, 0.1) is 10.6 Å². The van der Waals surface area contributed by atoms with Crippen molar-refractivity contribution in [1.82, 2.24) is 15.3 Å². The first-order valence-electron chi connectivity index (χ1n) is 6.36. The van der Waals surface area contributed by atoms with Gasteiger partial charge in [-0.2, -0.15) is 0 Å². The molecule has 0 spiro atoms. The van der Waals surface area contributed by atoms with Crippen LogP contribution in [0.25, 0.3) is 11.4 Å². The maximum absolute atomic E-state index is 10.8. The molecular weight excluding hydrogens is 256 g/mol. The summed E-state index contributed by atoms with van der Waals surface area (Å²) in [6.45, 7) is 4.76. The first-order chi connectivity index (χ1) is 9.56. The lowest BCUT2D eigenvalue weighted by molar-refractivity contribution is -0.384.